The van der Waals surface area contributed by atoms with Crippen molar-refractivity contribution in [1.29, 1.82) is 0 Å². The molecule has 0 saturated heterocycles. The smallest absolute Gasteiger partial charge is 0.379 e. The van der Waals surface area contributed by atoms with E-state index in [1.807, 2.05) is 0 Å². The van der Waals surface area contributed by atoms with Crippen LogP contribution in [0.5, 0.6) is 17.2 Å². The van der Waals surface area contributed by atoms with Crippen molar-refractivity contribution < 1.29 is 28.9 Å². The number of aromatic hydroxyl groups is 1. The maximum atomic E-state index is 11.8. The molecule has 0 aromatic heterocycles. The topological polar surface area (TPSA) is 82.1 Å². The van der Waals surface area contributed by atoms with E-state index in [9.17, 15) is 14.7 Å². The number of phenols is 1. The van der Waals surface area contributed by atoms with Crippen LogP contribution in [-0.4, -0.2) is 36.7 Å². The molecule has 96 valence electrons. The number of benzene rings is 1. The van der Waals surface area contributed by atoms with Crippen molar-refractivity contribution in [1.82, 2.24) is 0 Å². The summed E-state index contributed by atoms with van der Waals surface area (Å²) in [6.07, 6.45) is 0. The van der Waals surface area contributed by atoms with Gasteiger partial charge in [-0.1, -0.05) is 0 Å². The molecule has 0 atom stereocenters. The molecule has 0 saturated carbocycles. The maximum absolute atomic E-state index is 11.8. The Balaban J connectivity index is 2.40. The van der Waals surface area contributed by atoms with E-state index in [2.05, 4.69) is 4.74 Å². The summed E-state index contributed by atoms with van der Waals surface area (Å²) in [5, 5.41) is 9.49. The second-order valence-electron chi connectivity index (χ2n) is 3.57. The van der Waals surface area contributed by atoms with Gasteiger partial charge in [-0.2, -0.15) is 0 Å². The summed E-state index contributed by atoms with van der Waals surface area (Å²) < 4.78 is 15.2. The number of carbonyl (C=O) groups excluding carboxylic acids is 2. The van der Waals surface area contributed by atoms with E-state index in [-0.39, 0.29) is 36.0 Å². The molecule has 18 heavy (non-hydrogen) atoms. The predicted molar refractivity (Wildman–Crippen MR) is 60.1 cm³/mol. The molecule has 0 aliphatic carbocycles. The largest absolute Gasteiger partial charge is 0.508 e. The highest BCUT2D eigenvalue weighted by Gasteiger charge is 2.27. The summed E-state index contributed by atoms with van der Waals surface area (Å²) in [5.41, 5.74) is -0.0526. The van der Waals surface area contributed by atoms with Crippen molar-refractivity contribution in [3.63, 3.8) is 0 Å². The Hall–Kier alpha value is -2.24. The number of hydrogen-bond acceptors (Lipinski definition) is 6. The van der Waals surface area contributed by atoms with Crippen LogP contribution in [0.3, 0.4) is 0 Å². The van der Waals surface area contributed by atoms with Crippen LogP contribution in [0.15, 0.2) is 12.1 Å². The molecule has 6 nitrogen and oxygen atoms in total. The van der Waals surface area contributed by atoms with E-state index in [4.69, 9.17) is 9.47 Å². The molecule has 1 N–H and O–H groups in total. The van der Waals surface area contributed by atoms with Crippen LogP contribution in [0.1, 0.15) is 17.3 Å². The normalized spacial score (nSPS) is 12.9. The molecule has 1 aliphatic heterocycles. The van der Waals surface area contributed by atoms with Crippen molar-refractivity contribution in [2.24, 2.45) is 0 Å². The summed E-state index contributed by atoms with van der Waals surface area (Å²) >= 11 is 0. The Labute approximate surface area is 103 Å². The molecular formula is C12H12O6. The van der Waals surface area contributed by atoms with Crippen LogP contribution in [-0.2, 0) is 9.53 Å². The van der Waals surface area contributed by atoms with Crippen LogP contribution < -0.4 is 9.47 Å². The first kappa shape index (κ1) is 12.2. The van der Waals surface area contributed by atoms with Crippen molar-refractivity contribution in [2.45, 2.75) is 6.92 Å². The third-order valence-corrected chi connectivity index (χ3v) is 2.33. The number of phenolic OH excluding ortho intramolecular Hbond substituents is 1. The first-order valence-electron chi connectivity index (χ1n) is 5.47. The first-order valence-corrected chi connectivity index (χ1v) is 5.47. The van der Waals surface area contributed by atoms with Gasteiger partial charge in [-0.3, -0.25) is 4.79 Å². The Kier molecular flexibility index (Phi) is 3.36. The summed E-state index contributed by atoms with van der Waals surface area (Å²) in [5.74, 6) is -1.62. The molecule has 1 heterocycles. The Morgan fingerprint density at radius 2 is 2.06 bits per heavy atom. The van der Waals surface area contributed by atoms with Crippen LogP contribution in [0.25, 0.3) is 0 Å². The lowest BCUT2D eigenvalue weighted by molar-refractivity contribution is -0.137. The predicted octanol–water partition coefficient (Wildman–Crippen LogP) is 0.909. The molecule has 0 bridgehead atoms. The van der Waals surface area contributed by atoms with Crippen molar-refractivity contribution in [2.75, 3.05) is 19.8 Å². The van der Waals surface area contributed by atoms with E-state index in [1.54, 1.807) is 6.92 Å². The molecular weight excluding hydrogens is 240 g/mol. The fraction of sp³-hybridized carbons (Fsp3) is 0.333. The Bertz CT molecular complexity index is 494. The highest BCUT2D eigenvalue weighted by Crippen LogP contribution is 2.37. The Morgan fingerprint density at radius 3 is 2.78 bits per heavy atom. The van der Waals surface area contributed by atoms with Crippen LogP contribution >= 0.6 is 0 Å². The van der Waals surface area contributed by atoms with Gasteiger partial charge in [-0.15, -0.1) is 0 Å². The number of rotatable bonds is 3. The molecule has 1 aromatic rings. The average molecular weight is 252 g/mol. The second-order valence-corrected chi connectivity index (χ2v) is 3.57. The monoisotopic (exact) mass is 252 g/mol. The van der Waals surface area contributed by atoms with Gasteiger partial charge in [-0.25, -0.2) is 4.79 Å². The van der Waals surface area contributed by atoms with E-state index in [1.165, 1.54) is 6.07 Å². The second kappa shape index (κ2) is 4.95. The lowest BCUT2D eigenvalue weighted by Crippen LogP contribution is -2.22. The fourth-order valence-electron chi connectivity index (χ4n) is 1.61. The number of ether oxygens (including phenoxy) is 3. The average Bonchev–Trinajstić information content (AvgIpc) is 2.37. The minimum absolute atomic E-state index is 0.0526. The number of fused-ring (bicyclic) bond motifs is 1. The van der Waals surface area contributed by atoms with Gasteiger partial charge in [0, 0.05) is 6.07 Å². The standard InChI is InChI=1S/C12H12O6/c1-2-16-12(15)10(14)8-5-7(13)6-9-11(8)18-4-3-17-9/h5-6,13H,2-4H2,1H3. The molecule has 0 radical (unpaired) electrons. The lowest BCUT2D eigenvalue weighted by atomic mass is 10.1. The third kappa shape index (κ3) is 2.22. The van der Waals surface area contributed by atoms with Crippen LogP contribution in [0.2, 0.25) is 0 Å². The van der Waals surface area contributed by atoms with E-state index in [0.717, 1.165) is 6.07 Å². The number of Topliss-reactive ketones (excluding diaryl/α,β-unsaturated/α-hetero) is 1. The summed E-state index contributed by atoms with van der Waals surface area (Å²) in [7, 11) is 0. The summed E-state index contributed by atoms with van der Waals surface area (Å²) in [4.78, 5) is 23.2. The van der Waals surface area contributed by atoms with E-state index < -0.39 is 11.8 Å². The highest BCUT2D eigenvalue weighted by atomic mass is 16.6. The van der Waals surface area contributed by atoms with Crippen molar-refractivity contribution >= 4 is 11.8 Å². The highest BCUT2D eigenvalue weighted by molar-refractivity contribution is 6.41. The lowest BCUT2D eigenvalue weighted by Gasteiger charge is -2.20. The number of esters is 1. The van der Waals surface area contributed by atoms with Crippen molar-refractivity contribution in [3.8, 4) is 17.2 Å². The van der Waals surface area contributed by atoms with Gasteiger partial charge < -0.3 is 19.3 Å². The van der Waals surface area contributed by atoms with Gasteiger partial charge in [0.25, 0.3) is 5.78 Å². The van der Waals surface area contributed by atoms with Gasteiger partial charge in [0.05, 0.1) is 12.2 Å². The third-order valence-electron chi connectivity index (χ3n) is 2.33. The minimum Gasteiger partial charge on any atom is -0.508 e. The molecule has 1 aliphatic rings. The molecule has 0 unspecified atom stereocenters. The van der Waals surface area contributed by atoms with Gasteiger partial charge in [0.15, 0.2) is 11.5 Å². The van der Waals surface area contributed by atoms with Gasteiger partial charge >= 0.3 is 5.97 Å². The van der Waals surface area contributed by atoms with Crippen LogP contribution in [0.4, 0.5) is 0 Å². The molecule has 1 aromatic carbocycles. The van der Waals surface area contributed by atoms with Crippen LogP contribution in [0, 0.1) is 0 Å². The van der Waals surface area contributed by atoms with Gasteiger partial charge in [0.1, 0.15) is 19.0 Å². The number of hydrogen-bond donors (Lipinski definition) is 1. The zero-order chi connectivity index (χ0) is 13.1. The molecule has 2 rings (SSSR count). The maximum Gasteiger partial charge on any atom is 0.379 e. The van der Waals surface area contributed by atoms with Gasteiger partial charge in [-0.05, 0) is 13.0 Å². The van der Waals surface area contributed by atoms with Gasteiger partial charge in [0.2, 0.25) is 0 Å². The molecule has 0 amide bonds. The molecule has 6 heteroatoms. The fourth-order valence-corrected chi connectivity index (χ4v) is 1.61. The summed E-state index contributed by atoms with van der Waals surface area (Å²) in [6.45, 7) is 2.30. The van der Waals surface area contributed by atoms with Crippen molar-refractivity contribution in [3.05, 3.63) is 17.7 Å². The Morgan fingerprint density at radius 1 is 1.33 bits per heavy atom. The zero-order valence-corrected chi connectivity index (χ0v) is 9.76. The van der Waals surface area contributed by atoms with E-state index >= 15 is 0 Å². The zero-order valence-electron chi connectivity index (χ0n) is 9.76. The quantitative estimate of drug-likeness (QED) is 0.489. The van der Waals surface area contributed by atoms with E-state index in [0.29, 0.717) is 6.61 Å². The summed E-state index contributed by atoms with van der Waals surface area (Å²) in [6, 6.07) is 2.49. The molecule has 0 fully saturated rings. The number of carbonyl (C=O) groups is 2. The molecule has 0 spiro atoms. The minimum atomic E-state index is -0.987. The SMILES string of the molecule is CCOC(=O)C(=O)c1cc(O)cc2c1OCCO2. The first-order chi connectivity index (χ1) is 8.63. The number of ketones is 1.